The summed E-state index contributed by atoms with van der Waals surface area (Å²) in [5, 5.41) is 13.6. The number of hydrogen-bond acceptors (Lipinski definition) is 4. The van der Waals surface area contributed by atoms with Crippen molar-refractivity contribution in [1.82, 2.24) is 5.32 Å². The molecule has 3 aromatic carbocycles. The molecule has 0 bridgehead atoms. The van der Waals surface area contributed by atoms with Gasteiger partial charge in [0.2, 0.25) is 0 Å². The summed E-state index contributed by atoms with van der Waals surface area (Å²) < 4.78 is 32.1. The first kappa shape index (κ1) is 21.5. The minimum atomic E-state index is -1.38. The highest BCUT2D eigenvalue weighted by Gasteiger charge is 2.29. The highest BCUT2D eigenvalue weighted by Crippen LogP contribution is 2.44. The average Bonchev–Trinajstić information content (AvgIpc) is 3.08. The van der Waals surface area contributed by atoms with E-state index in [2.05, 4.69) is 5.32 Å². The van der Waals surface area contributed by atoms with Gasteiger partial charge in [0.15, 0.2) is 11.6 Å². The van der Waals surface area contributed by atoms with Gasteiger partial charge in [-0.05, 0) is 46.4 Å². The minimum absolute atomic E-state index is 0.0185. The van der Waals surface area contributed by atoms with Crippen molar-refractivity contribution in [2.45, 2.75) is 24.8 Å². The lowest BCUT2D eigenvalue weighted by atomic mass is 9.98. The van der Waals surface area contributed by atoms with Crippen LogP contribution in [-0.2, 0) is 16.0 Å². The largest absolute Gasteiger partial charge is 0.550 e. The lowest BCUT2D eigenvalue weighted by molar-refractivity contribution is -0.306. The van der Waals surface area contributed by atoms with Crippen LogP contribution in [0, 0.1) is 11.6 Å². The van der Waals surface area contributed by atoms with Crippen LogP contribution in [0.15, 0.2) is 66.7 Å². The number of ether oxygens (including phenoxy) is 1. The summed E-state index contributed by atoms with van der Waals surface area (Å²) in [6.45, 7) is 0.0725. The number of benzene rings is 3. The van der Waals surface area contributed by atoms with Crippen molar-refractivity contribution >= 4 is 12.1 Å². The van der Waals surface area contributed by atoms with Crippen LogP contribution in [0.4, 0.5) is 13.6 Å². The highest BCUT2D eigenvalue weighted by atomic mass is 19.2. The number of halogens is 2. The van der Waals surface area contributed by atoms with E-state index in [0.717, 1.165) is 34.4 Å². The minimum Gasteiger partial charge on any atom is -0.550 e. The Morgan fingerprint density at radius 1 is 0.938 bits per heavy atom. The van der Waals surface area contributed by atoms with E-state index in [9.17, 15) is 23.5 Å². The number of rotatable bonds is 7. The van der Waals surface area contributed by atoms with E-state index >= 15 is 0 Å². The molecule has 3 aromatic rings. The van der Waals surface area contributed by atoms with Crippen molar-refractivity contribution in [2.24, 2.45) is 0 Å². The topological polar surface area (TPSA) is 78.5 Å². The maximum absolute atomic E-state index is 13.5. The van der Waals surface area contributed by atoms with E-state index in [4.69, 9.17) is 4.74 Å². The fourth-order valence-electron chi connectivity index (χ4n) is 4.13. The maximum atomic E-state index is 13.5. The van der Waals surface area contributed by atoms with Crippen molar-refractivity contribution in [2.75, 3.05) is 6.61 Å². The molecule has 0 saturated carbocycles. The first-order chi connectivity index (χ1) is 15.4. The smallest absolute Gasteiger partial charge is 0.407 e. The van der Waals surface area contributed by atoms with E-state index in [1.54, 1.807) is 0 Å². The van der Waals surface area contributed by atoms with Crippen molar-refractivity contribution in [3.63, 3.8) is 0 Å². The van der Waals surface area contributed by atoms with E-state index < -0.39 is 36.2 Å². The molecular formula is C25H20F2NO4-. The fourth-order valence-corrected chi connectivity index (χ4v) is 4.13. The number of alkyl carbamates (subject to hydrolysis) is 1. The second-order valence-electron chi connectivity index (χ2n) is 7.70. The van der Waals surface area contributed by atoms with Gasteiger partial charge in [0.1, 0.15) is 6.61 Å². The Balaban J connectivity index is 1.43. The molecule has 32 heavy (non-hydrogen) atoms. The second kappa shape index (κ2) is 9.18. The fraction of sp³-hybridized carbons (Fsp3) is 0.200. The molecule has 7 heteroatoms. The van der Waals surface area contributed by atoms with Crippen LogP contribution < -0.4 is 10.4 Å². The third-order valence-corrected chi connectivity index (χ3v) is 5.54. The molecular weight excluding hydrogens is 416 g/mol. The number of fused-ring (bicyclic) bond motifs is 3. The van der Waals surface area contributed by atoms with Crippen molar-refractivity contribution in [3.05, 3.63) is 95.1 Å². The second-order valence-corrected chi connectivity index (χ2v) is 7.70. The molecule has 0 fully saturated rings. The Labute approximate surface area is 183 Å². The Bertz CT molecular complexity index is 1120. The molecule has 1 N–H and O–H groups in total. The van der Waals surface area contributed by atoms with Crippen LogP contribution in [0.25, 0.3) is 11.1 Å². The van der Waals surface area contributed by atoms with Crippen molar-refractivity contribution in [3.8, 4) is 11.1 Å². The summed E-state index contributed by atoms with van der Waals surface area (Å²) in [6, 6.07) is 18.1. The lowest BCUT2D eigenvalue weighted by Crippen LogP contribution is -2.41. The van der Waals surface area contributed by atoms with Gasteiger partial charge in [-0.25, -0.2) is 13.6 Å². The van der Waals surface area contributed by atoms with Gasteiger partial charge in [0.05, 0.1) is 0 Å². The van der Waals surface area contributed by atoms with Gasteiger partial charge in [-0.3, -0.25) is 0 Å². The third-order valence-electron chi connectivity index (χ3n) is 5.54. The molecule has 5 nitrogen and oxygen atoms in total. The summed E-state index contributed by atoms with van der Waals surface area (Å²) in [7, 11) is 0. The van der Waals surface area contributed by atoms with Gasteiger partial charge in [0.25, 0.3) is 0 Å². The highest BCUT2D eigenvalue weighted by molar-refractivity contribution is 5.79. The number of carboxylic acids is 1. The lowest BCUT2D eigenvalue weighted by Gasteiger charge is -2.20. The standard InChI is InChI=1S/C25H21F2NO4/c26-22-10-9-15(12-23(22)27)11-16(13-24(29)30)28-25(31)32-14-21-19-7-3-1-5-17(19)18-6-2-4-8-20(18)21/h1-10,12,16,21H,11,13-14H2,(H,28,31)(H,29,30)/p-1/t16-/m0/s1. The Kier molecular flexibility index (Phi) is 6.16. The van der Waals surface area contributed by atoms with Gasteiger partial charge in [-0.15, -0.1) is 0 Å². The molecule has 1 atom stereocenters. The van der Waals surface area contributed by atoms with Crippen LogP contribution in [0.2, 0.25) is 0 Å². The van der Waals surface area contributed by atoms with Crippen LogP contribution in [0.5, 0.6) is 0 Å². The summed E-state index contributed by atoms with van der Waals surface area (Å²) in [6.07, 6.45) is -1.31. The zero-order valence-corrected chi connectivity index (χ0v) is 17.0. The van der Waals surface area contributed by atoms with Gasteiger partial charge >= 0.3 is 6.09 Å². The molecule has 0 aliphatic heterocycles. The Morgan fingerprint density at radius 3 is 2.16 bits per heavy atom. The van der Waals surface area contributed by atoms with E-state index in [-0.39, 0.29) is 18.9 Å². The SMILES string of the molecule is O=C([O-])C[C@H](Cc1ccc(F)c(F)c1)NC(=O)OCC1c2ccccc2-c2ccccc21. The molecule has 0 heterocycles. The molecule has 1 aliphatic carbocycles. The molecule has 0 saturated heterocycles. The number of hydrogen-bond donors (Lipinski definition) is 1. The first-order valence-corrected chi connectivity index (χ1v) is 10.2. The van der Waals surface area contributed by atoms with Gasteiger partial charge in [0, 0.05) is 24.3 Å². The zero-order valence-electron chi connectivity index (χ0n) is 17.0. The summed E-state index contributed by atoms with van der Waals surface area (Å²) >= 11 is 0. The molecule has 4 rings (SSSR count). The maximum Gasteiger partial charge on any atom is 0.407 e. The number of carbonyl (C=O) groups is 2. The van der Waals surface area contributed by atoms with Crippen LogP contribution >= 0.6 is 0 Å². The molecule has 1 amide bonds. The summed E-state index contributed by atoms with van der Waals surface area (Å²) in [4.78, 5) is 23.6. The molecule has 0 aromatic heterocycles. The summed E-state index contributed by atoms with van der Waals surface area (Å²) in [5.41, 5.74) is 4.62. The number of carbonyl (C=O) groups excluding carboxylic acids is 2. The predicted molar refractivity (Wildman–Crippen MR) is 112 cm³/mol. The van der Waals surface area contributed by atoms with E-state index in [0.29, 0.717) is 5.56 Å². The average molecular weight is 436 g/mol. The van der Waals surface area contributed by atoms with E-state index in [1.165, 1.54) is 6.07 Å². The predicted octanol–water partition coefficient (Wildman–Crippen LogP) is 3.55. The number of nitrogens with one attached hydrogen (secondary N) is 1. The number of amides is 1. The molecule has 0 spiro atoms. The van der Waals surface area contributed by atoms with Crippen LogP contribution in [0.3, 0.4) is 0 Å². The summed E-state index contributed by atoms with van der Waals surface area (Å²) in [5.74, 6) is -3.57. The quantitative estimate of drug-likeness (QED) is 0.615. The number of carboxylic acid groups (broad SMARTS) is 1. The molecule has 0 unspecified atom stereocenters. The van der Waals surface area contributed by atoms with E-state index in [1.807, 2.05) is 48.5 Å². The Morgan fingerprint density at radius 2 is 1.56 bits per heavy atom. The third kappa shape index (κ3) is 4.61. The molecule has 0 radical (unpaired) electrons. The zero-order chi connectivity index (χ0) is 22.7. The molecule has 164 valence electrons. The Hall–Kier alpha value is -3.74. The van der Waals surface area contributed by atoms with Gasteiger partial charge in [-0.2, -0.15) is 0 Å². The monoisotopic (exact) mass is 436 g/mol. The van der Waals surface area contributed by atoms with Crippen molar-refractivity contribution < 1.29 is 28.2 Å². The van der Waals surface area contributed by atoms with Crippen LogP contribution in [-0.4, -0.2) is 24.7 Å². The van der Waals surface area contributed by atoms with Gasteiger partial charge in [-0.1, -0.05) is 54.6 Å². The van der Waals surface area contributed by atoms with Crippen molar-refractivity contribution in [1.29, 1.82) is 0 Å². The number of aliphatic carboxylic acids is 1. The normalized spacial score (nSPS) is 13.2. The molecule has 1 aliphatic rings. The first-order valence-electron chi connectivity index (χ1n) is 10.2. The van der Waals surface area contributed by atoms with Crippen LogP contribution in [0.1, 0.15) is 29.0 Å². The van der Waals surface area contributed by atoms with Gasteiger partial charge < -0.3 is 20.0 Å².